The van der Waals surface area contributed by atoms with E-state index in [1.165, 1.54) is 43.7 Å². The van der Waals surface area contributed by atoms with E-state index in [4.69, 9.17) is 9.98 Å². The third-order valence-electron chi connectivity index (χ3n) is 10.1. The van der Waals surface area contributed by atoms with Crippen molar-refractivity contribution in [2.24, 2.45) is 9.98 Å². The molecule has 0 bridgehead atoms. The first-order valence-corrected chi connectivity index (χ1v) is 17.4. The molecule has 0 saturated carbocycles. The molecule has 1 aliphatic heterocycles. The Labute approximate surface area is 295 Å². The molecule has 10 rings (SSSR count). The minimum Gasteiger partial charge on any atom is -0.331 e. The van der Waals surface area contributed by atoms with E-state index < -0.39 is 6.29 Å². The molecule has 0 amide bonds. The smallest absolute Gasteiger partial charge is 0.204 e. The lowest BCUT2D eigenvalue weighted by molar-refractivity contribution is 0.515. The van der Waals surface area contributed by atoms with Gasteiger partial charge in [-0.15, -0.1) is 0 Å². The molecule has 5 heteroatoms. The van der Waals surface area contributed by atoms with Crippen molar-refractivity contribution in [2.75, 3.05) is 0 Å². The molecule has 0 spiro atoms. The maximum atomic E-state index is 5.25. The zero-order valence-corrected chi connectivity index (χ0v) is 28.0. The van der Waals surface area contributed by atoms with Crippen molar-refractivity contribution in [3.05, 3.63) is 187 Å². The van der Waals surface area contributed by atoms with Crippen LogP contribution in [0.3, 0.4) is 0 Å². The number of nitrogens with one attached hydrogen (secondary N) is 1. The highest BCUT2D eigenvalue weighted by atomic mass is 15.3. The van der Waals surface area contributed by atoms with E-state index >= 15 is 0 Å². The minimum atomic E-state index is -0.402. The lowest BCUT2D eigenvalue weighted by Gasteiger charge is -2.26. The Morgan fingerprint density at radius 2 is 1.04 bits per heavy atom. The molecule has 9 aromatic rings. The first kappa shape index (κ1) is 29.2. The van der Waals surface area contributed by atoms with Crippen molar-refractivity contribution >= 4 is 55.3 Å². The summed E-state index contributed by atoms with van der Waals surface area (Å²) in [6, 6.07) is 60.3. The molecule has 5 nitrogen and oxygen atoms in total. The van der Waals surface area contributed by atoms with Crippen LogP contribution >= 0.6 is 0 Å². The van der Waals surface area contributed by atoms with Crippen molar-refractivity contribution in [3.63, 3.8) is 0 Å². The van der Waals surface area contributed by atoms with Crippen molar-refractivity contribution in [1.82, 2.24) is 14.5 Å². The van der Waals surface area contributed by atoms with Crippen molar-refractivity contribution < 1.29 is 0 Å². The molecule has 0 aliphatic carbocycles. The average molecular weight is 656 g/mol. The Morgan fingerprint density at radius 1 is 0.490 bits per heavy atom. The van der Waals surface area contributed by atoms with E-state index in [9.17, 15) is 0 Å². The topological polar surface area (TPSA) is 46.6 Å². The molecule has 1 unspecified atom stereocenters. The van der Waals surface area contributed by atoms with E-state index in [1.54, 1.807) is 0 Å². The van der Waals surface area contributed by atoms with Gasteiger partial charge in [0.05, 0.1) is 22.1 Å². The SMILES string of the molecule is Cc1ccccc1C1=NC(c2ccccc2)=NC(n2c3ccccc3c3cc(-c4ccc5c(c4)c4ccccc4n5-c4ccccc4)ccc32)N1. The summed E-state index contributed by atoms with van der Waals surface area (Å²) < 4.78 is 4.68. The average Bonchev–Trinajstić information content (AvgIpc) is 3.71. The first-order chi connectivity index (χ1) is 25.2. The fraction of sp³-hybridized carbons (Fsp3) is 0.0435. The molecule has 51 heavy (non-hydrogen) atoms. The van der Waals surface area contributed by atoms with Gasteiger partial charge in [-0.05, 0) is 72.1 Å². The molecule has 242 valence electrons. The predicted octanol–water partition coefficient (Wildman–Crippen LogP) is 10.8. The van der Waals surface area contributed by atoms with Gasteiger partial charge in [0.2, 0.25) is 6.29 Å². The molecular weight excluding hydrogens is 623 g/mol. The van der Waals surface area contributed by atoms with Crippen LogP contribution in [-0.2, 0) is 0 Å². The van der Waals surface area contributed by atoms with Crippen LogP contribution in [0.25, 0.3) is 60.4 Å². The predicted molar refractivity (Wildman–Crippen MR) is 212 cm³/mol. The summed E-state index contributed by atoms with van der Waals surface area (Å²) in [4.78, 5) is 10.3. The van der Waals surface area contributed by atoms with Gasteiger partial charge in [-0.1, -0.05) is 121 Å². The third kappa shape index (κ3) is 4.77. The Kier molecular flexibility index (Phi) is 6.71. The van der Waals surface area contributed by atoms with Crippen LogP contribution in [0.15, 0.2) is 180 Å². The van der Waals surface area contributed by atoms with Gasteiger partial charge in [-0.3, -0.25) is 0 Å². The van der Waals surface area contributed by atoms with E-state index in [0.29, 0.717) is 5.84 Å². The fourth-order valence-corrected chi connectivity index (χ4v) is 7.72. The van der Waals surface area contributed by atoms with Gasteiger partial charge in [0.15, 0.2) is 5.84 Å². The number of para-hydroxylation sites is 3. The standard InChI is InChI=1S/C46H33N5/c1-30-14-8-9-19-35(30)45-47-44(31-15-4-2-5-16-31)48-46(49-45)51-41-23-13-11-21-37(41)39-29-33(25-27-43(39)51)32-24-26-42-38(28-32)36-20-10-12-22-40(36)50(42)34-17-6-3-7-18-34/h2-29,46H,1H3,(H,47,48,49). The normalized spacial score (nSPS) is 14.6. The summed E-state index contributed by atoms with van der Waals surface area (Å²) >= 11 is 0. The second kappa shape index (κ2) is 11.7. The number of hydrogen-bond donors (Lipinski definition) is 1. The summed E-state index contributed by atoms with van der Waals surface area (Å²) in [5, 5.41) is 8.59. The number of fused-ring (bicyclic) bond motifs is 6. The summed E-state index contributed by atoms with van der Waals surface area (Å²) in [6.45, 7) is 2.13. The Morgan fingerprint density at radius 3 is 1.78 bits per heavy atom. The minimum absolute atomic E-state index is 0.402. The van der Waals surface area contributed by atoms with E-state index in [2.05, 4.69) is 173 Å². The zero-order chi connectivity index (χ0) is 33.9. The number of hydrogen-bond acceptors (Lipinski definition) is 3. The Balaban J connectivity index is 1.13. The van der Waals surface area contributed by atoms with Crippen LogP contribution in [-0.4, -0.2) is 20.8 Å². The van der Waals surface area contributed by atoms with Crippen molar-refractivity contribution in [1.29, 1.82) is 0 Å². The van der Waals surface area contributed by atoms with Crippen LogP contribution in [0.5, 0.6) is 0 Å². The number of aliphatic imine (C=N–C) groups is 2. The van der Waals surface area contributed by atoms with Gasteiger partial charge < -0.3 is 14.5 Å². The van der Waals surface area contributed by atoms with E-state index in [1.807, 2.05) is 18.2 Å². The van der Waals surface area contributed by atoms with Crippen LogP contribution in [0, 0.1) is 6.92 Å². The highest BCUT2D eigenvalue weighted by Crippen LogP contribution is 2.38. The van der Waals surface area contributed by atoms with E-state index in [0.717, 1.165) is 39.2 Å². The molecule has 0 fully saturated rings. The van der Waals surface area contributed by atoms with Crippen molar-refractivity contribution in [2.45, 2.75) is 13.2 Å². The van der Waals surface area contributed by atoms with Gasteiger partial charge in [0, 0.05) is 38.4 Å². The number of amidine groups is 2. The molecule has 1 atom stereocenters. The number of aromatic nitrogens is 2. The lowest BCUT2D eigenvalue weighted by atomic mass is 10.0. The van der Waals surface area contributed by atoms with Gasteiger partial charge in [0.25, 0.3) is 0 Å². The van der Waals surface area contributed by atoms with Gasteiger partial charge in [0.1, 0.15) is 5.84 Å². The highest BCUT2D eigenvalue weighted by Gasteiger charge is 2.25. The quantitative estimate of drug-likeness (QED) is 0.197. The number of rotatable bonds is 5. The molecular formula is C46H33N5. The molecule has 7 aromatic carbocycles. The third-order valence-corrected chi connectivity index (χ3v) is 10.1. The Hall–Kier alpha value is -6.72. The maximum absolute atomic E-state index is 5.25. The molecule has 3 heterocycles. The van der Waals surface area contributed by atoms with Gasteiger partial charge in [-0.25, -0.2) is 9.98 Å². The Bertz CT molecular complexity index is 2840. The first-order valence-electron chi connectivity index (χ1n) is 17.4. The molecule has 0 saturated heterocycles. The van der Waals surface area contributed by atoms with Gasteiger partial charge in [-0.2, -0.15) is 0 Å². The van der Waals surface area contributed by atoms with Crippen molar-refractivity contribution in [3.8, 4) is 16.8 Å². The summed E-state index contributed by atoms with van der Waals surface area (Å²) in [5.41, 5.74) is 11.4. The second-order valence-corrected chi connectivity index (χ2v) is 13.2. The lowest BCUT2D eigenvalue weighted by Crippen LogP contribution is -2.36. The van der Waals surface area contributed by atoms with Crippen LogP contribution in [0.4, 0.5) is 0 Å². The highest BCUT2D eigenvalue weighted by molar-refractivity contribution is 6.15. The van der Waals surface area contributed by atoms with Crippen LogP contribution < -0.4 is 5.32 Å². The number of aryl methyl sites for hydroxylation is 1. The van der Waals surface area contributed by atoms with Gasteiger partial charge >= 0.3 is 0 Å². The summed E-state index contributed by atoms with van der Waals surface area (Å²) in [5.74, 6) is 1.53. The summed E-state index contributed by atoms with van der Waals surface area (Å²) in [7, 11) is 0. The van der Waals surface area contributed by atoms with Crippen LogP contribution in [0.2, 0.25) is 0 Å². The fourth-order valence-electron chi connectivity index (χ4n) is 7.72. The molecule has 2 aromatic heterocycles. The molecule has 1 N–H and O–H groups in total. The number of benzene rings is 7. The van der Waals surface area contributed by atoms with E-state index in [-0.39, 0.29) is 0 Å². The van der Waals surface area contributed by atoms with Crippen LogP contribution in [0.1, 0.15) is 23.0 Å². The largest absolute Gasteiger partial charge is 0.331 e. The monoisotopic (exact) mass is 655 g/mol. The maximum Gasteiger partial charge on any atom is 0.204 e. The second-order valence-electron chi connectivity index (χ2n) is 13.2. The molecule has 0 radical (unpaired) electrons. The molecule has 1 aliphatic rings. The summed E-state index contributed by atoms with van der Waals surface area (Å²) in [6.07, 6.45) is -0.402. The zero-order valence-electron chi connectivity index (χ0n) is 28.0. The number of nitrogens with zero attached hydrogens (tertiary/aromatic N) is 4.